The Labute approximate surface area is 165 Å². The van der Waals surface area contributed by atoms with Gasteiger partial charge in [-0.15, -0.1) is 0 Å². The second kappa shape index (κ2) is 7.99. The van der Waals surface area contributed by atoms with E-state index in [0.717, 1.165) is 11.4 Å². The maximum Gasteiger partial charge on any atom is 0.263 e. The summed E-state index contributed by atoms with van der Waals surface area (Å²) >= 11 is 17.9. The van der Waals surface area contributed by atoms with Crippen LogP contribution in [-0.2, 0) is 4.79 Å². The fourth-order valence-electron chi connectivity index (χ4n) is 2.29. The molecule has 1 aromatic heterocycles. The molecule has 134 valence electrons. The normalized spacial score (nSPS) is 10.6. The summed E-state index contributed by atoms with van der Waals surface area (Å²) in [7, 11) is 0. The van der Waals surface area contributed by atoms with Crippen LogP contribution in [0.4, 0.5) is 5.82 Å². The molecule has 0 radical (unpaired) electrons. The molecule has 0 spiro atoms. The van der Waals surface area contributed by atoms with Crippen LogP contribution in [0.2, 0.25) is 15.1 Å². The van der Waals surface area contributed by atoms with Crippen LogP contribution in [0.1, 0.15) is 5.69 Å². The molecule has 0 saturated carbocycles. The third-order valence-electron chi connectivity index (χ3n) is 3.43. The van der Waals surface area contributed by atoms with E-state index in [1.807, 2.05) is 37.3 Å². The van der Waals surface area contributed by atoms with Crippen molar-refractivity contribution in [2.75, 3.05) is 11.9 Å². The first kappa shape index (κ1) is 18.6. The van der Waals surface area contributed by atoms with E-state index in [1.165, 1.54) is 12.1 Å². The molecule has 26 heavy (non-hydrogen) atoms. The van der Waals surface area contributed by atoms with Gasteiger partial charge in [0.1, 0.15) is 11.6 Å². The predicted molar refractivity (Wildman–Crippen MR) is 104 cm³/mol. The van der Waals surface area contributed by atoms with Crippen LogP contribution in [0.3, 0.4) is 0 Å². The number of carbonyl (C=O) groups excluding carboxylic acids is 1. The molecule has 0 aliphatic heterocycles. The number of carbonyl (C=O) groups is 1. The Morgan fingerprint density at radius 1 is 1.08 bits per heavy atom. The molecule has 1 amide bonds. The molecule has 1 heterocycles. The van der Waals surface area contributed by atoms with Crippen LogP contribution in [0.25, 0.3) is 5.69 Å². The first-order chi connectivity index (χ1) is 12.4. The fraction of sp³-hybridized carbons (Fsp3) is 0.111. The van der Waals surface area contributed by atoms with E-state index in [1.54, 1.807) is 10.7 Å². The molecule has 1 N–H and O–H groups in total. The summed E-state index contributed by atoms with van der Waals surface area (Å²) in [6, 6.07) is 14.2. The van der Waals surface area contributed by atoms with Crippen molar-refractivity contribution in [2.24, 2.45) is 0 Å². The van der Waals surface area contributed by atoms with Crippen molar-refractivity contribution in [1.29, 1.82) is 0 Å². The summed E-state index contributed by atoms with van der Waals surface area (Å²) in [4.78, 5) is 12.3. The number of aromatic nitrogens is 2. The van der Waals surface area contributed by atoms with Crippen LogP contribution >= 0.6 is 34.8 Å². The van der Waals surface area contributed by atoms with Gasteiger partial charge in [-0.3, -0.25) is 4.79 Å². The van der Waals surface area contributed by atoms with Gasteiger partial charge in [0.2, 0.25) is 0 Å². The molecule has 3 aromatic rings. The summed E-state index contributed by atoms with van der Waals surface area (Å²) in [5, 5.41) is 8.06. The Morgan fingerprint density at radius 3 is 2.50 bits per heavy atom. The number of halogens is 3. The molecule has 8 heteroatoms. The van der Waals surface area contributed by atoms with Gasteiger partial charge in [-0.25, -0.2) is 4.68 Å². The average molecular weight is 411 g/mol. The minimum absolute atomic E-state index is 0.239. The Bertz CT molecular complexity index is 942. The molecule has 0 aliphatic rings. The molecular weight excluding hydrogens is 397 g/mol. The largest absolute Gasteiger partial charge is 0.482 e. The van der Waals surface area contributed by atoms with Crippen LogP contribution < -0.4 is 10.1 Å². The second-order valence-corrected chi connectivity index (χ2v) is 6.67. The molecule has 5 nitrogen and oxygen atoms in total. The molecule has 0 aliphatic carbocycles. The lowest BCUT2D eigenvalue weighted by Gasteiger charge is -2.11. The highest BCUT2D eigenvalue weighted by atomic mass is 35.5. The van der Waals surface area contributed by atoms with Gasteiger partial charge in [0.15, 0.2) is 6.61 Å². The number of anilines is 1. The molecule has 0 bridgehead atoms. The van der Waals surface area contributed by atoms with Crippen molar-refractivity contribution < 1.29 is 9.53 Å². The summed E-state index contributed by atoms with van der Waals surface area (Å²) in [5.41, 5.74) is 1.61. The number of para-hydroxylation sites is 1. The summed E-state index contributed by atoms with van der Waals surface area (Å²) in [6.07, 6.45) is 0. The highest BCUT2D eigenvalue weighted by Crippen LogP contribution is 2.33. The topological polar surface area (TPSA) is 56.1 Å². The van der Waals surface area contributed by atoms with E-state index in [4.69, 9.17) is 39.5 Å². The lowest BCUT2D eigenvalue weighted by molar-refractivity contribution is -0.118. The number of ether oxygens (including phenoxy) is 1. The highest BCUT2D eigenvalue weighted by molar-refractivity contribution is 6.43. The zero-order chi connectivity index (χ0) is 18.7. The van der Waals surface area contributed by atoms with Crippen molar-refractivity contribution >= 4 is 46.5 Å². The Balaban J connectivity index is 1.71. The Morgan fingerprint density at radius 2 is 1.77 bits per heavy atom. The number of rotatable bonds is 5. The van der Waals surface area contributed by atoms with Crippen molar-refractivity contribution in [2.45, 2.75) is 6.92 Å². The van der Waals surface area contributed by atoms with Gasteiger partial charge >= 0.3 is 0 Å². The number of nitrogens with zero attached hydrogens (tertiary/aromatic N) is 2. The van der Waals surface area contributed by atoms with Gasteiger partial charge in [-0.05, 0) is 25.1 Å². The standard InChI is InChI=1S/C18H14Cl3N3O2/c1-11-7-17(24(23-11)12-5-3-2-4-6-12)22-18(25)10-26-16-9-14(20)13(19)8-15(16)21/h2-9H,10H2,1H3,(H,22,25). The monoisotopic (exact) mass is 409 g/mol. The van der Waals surface area contributed by atoms with Gasteiger partial charge in [0.25, 0.3) is 5.91 Å². The van der Waals surface area contributed by atoms with Crippen LogP contribution in [0, 0.1) is 6.92 Å². The second-order valence-electron chi connectivity index (χ2n) is 5.45. The number of aryl methyl sites for hydroxylation is 1. The average Bonchev–Trinajstić information content (AvgIpc) is 2.98. The summed E-state index contributed by atoms with van der Waals surface area (Å²) in [5.74, 6) is 0.468. The van der Waals surface area contributed by atoms with E-state index < -0.39 is 0 Å². The summed E-state index contributed by atoms with van der Waals surface area (Å²) < 4.78 is 7.09. The van der Waals surface area contributed by atoms with Crippen LogP contribution in [0.5, 0.6) is 5.75 Å². The maximum absolute atomic E-state index is 12.3. The van der Waals surface area contributed by atoms with Crippen molar-refractivity contribution in [3.8, 4) is 11.4 Å². The zero-order valence-electron chi connectivity index (χ0n) is 13.7. The molecule has 0 unspecified atom stereocenters. The lowest BCUT2D eigenvalue weighted by atomic mass is 10.3. The first-order valence-corrected chi connectivity index (χ1v) is 8.76. The van der Waals surface area contributed by atoms with Crippen LogP contribution in [-0.4, -0.2) is 22.3 Å². The highest BCUT2D eigenvalue weighted by Gasteiger charge is 2.13. The number of benzene rings is 2. The molecule has 3 rings (SSSR count). The third-order valence-corrected chi connectivity index (χ3v) is 4.45. The van der Waals surface area contributed by atoms with Crippen molar-refractivity contribution in [3.63, 3.8) is 0 Å². The lowest BCUT2D eigenvalue weighted by Crippen LogP contribution is -2.22. The molecule has 2 aromatic carbocycles. The Kier molecular flexibility index (Phi) is 5.71. The third kappa shape index (κ3) is 4.30. The molecule has 0 fully saturated rings. The quantitative estimate of drug-likeness (QED) is 0.591. The van der Waals surface area contributed by atoms with Gasteiger partial charge in [-0.1, -0.05) is 53.0 Å². The molecule has 0 saturated heterocycles. The van der Waals surface area contributed by atoms with Gasteiger partial charge in [0, 0.05) is 12.1 Å². The number of amides is 1. The Hall–Kier alpha value is -2.21. The van der Waals surface area contributed by atoms with E-state index in [-0.39, 0.29) is 23.3 Å². The van der Waals surface area contributed by atoms with E-state index in [0.29, 0.717) is 15.9 Å². The van der Waals surface area contributed by atoms with Gasteiger partial charge in [-0.2, -0.15) is 5.10 Å². The molecular formula is C18H14Cl3N3O2. The fourth-order valence-corrected chi connectivity index (χ4v) is 2.88. The smallest absolute Gasteiger partial charge is 0.263 e. The van der Waals surface area contributed by atoms with E-state index >= 15 is 0 Å². The SMILES string of the molecule is Cc1cc(NC(=O)COc2cc(Cl)c(Cl)cc2Cl)n(-c2ccccc2)n1. The van der Waals surface area contributed by atoms with Crippen molar-refractivity contribution in [1.82, 2.24) is 9.78 Å². The van der Waals surface area contributed by atoms with E-state index in [2.05, 4.69) is 10.4 Å². The van der Waals surface area contributed by atoms with Gasteiger partial charge < -0.3 is 10.1 Å². The first-order valence-electron chi connectivity index (χ1n) is 7.63. The number of hydrogen-bond acceptors (Lipinski definition) is 3. The number of nitrogens with one attached hydrogen (secondary N) is 1. The maximum atomic E-state index is 12.3. The molecule has 0 atom stereocenters. The van der Waals surface area contributed by atoms with Crippen molar-refractivity contribution in [3.05, 3.63) is 69.3 Å². The predicted octanol–water partition coefficient (Wildman–Crippen LogP) is 5.16. The minimum atomic E-state index is -0.357. The number of hydrogen-bond donors (Lipinski definition) is 1. The van der Waals surface area contributed by atoms with Crippen LogP contribution in [0.15, 0.2) is 48.5 Å². The summed E-state index contributed by atoms with van der Waals surface area (Å²) in [6.45, 7) is 1.61. The minimum Gasteiger partial charge on any atom is -0.482 e. The van der Waals surface area contributed by atoms with E-state index in [9.17, 15) is 4.79 Å². The van der Waals surface area contributed by atoms with Gasteiger partial charge in [0.05, 0.1) is 26.4 Å². The zero-order valence-corrected chi connectivity index (χ0v) is 15.9.